The molecule has 3 aromatic rings. The Morgan fingerprint density at radius 3 is 2.57 bits per heavy atom. The first-order valence-electron chi connectivity index (χ1n) is 11.8. The molecular formula is C28H27ClN2O5S. The number of fused-ring (bicyclic) bond motifs is 1. The number of aromatic nitrogens is 1. The summed E-state index contributed by atoms with van der Waals surface area (Å²) in [7, 11) is 0. The van der Waals surface area contributed by atoms with Crippen LogP contribution in [0.1, 0.15) is 37.9 Å². The molecule has 0 saturated carbocycles. The Balaban J connectivity index is 1.85. The quantitative estimate of drug-likeness (QED) is 0.298. The second-order valence-corrected chi connectivity index (χ2v) is 9.51. The summed E-state index contributed by atoms with van der Waals surface area (Å²) in [5, 5.41) is 0.459. The minimum atomic E-state index is -0.699. The summed E-state index contributed by atoms with van der Waals surface area (Å²) in [6.07, 6.45) is 3.42. The molecule has 2 aromatic carbocycles. The van der Waals surface area contributed by atoms with Gasteiger partial charge in [-0.3, -0.25) is 9.36 Å². The van der Waals surface area contributed by atoms with Gasteiger partial charge in [-0.25, -0.2) is 9.79 Å². The Kier molecular flexibility index (Phi) is 8.31. The van der Waals surface area contributed by atoms with Crippen molar-refractivity contribution in [1.29, 1.82) is 0 Å². The van der Waals surface area contributed by atoms with Crippen LogP contribution in [-0.4, -0.2) is 30.4 Å². The van der Waals surface area contributed by atoms with Crippen LogP contribution < -0.4 is 24.4 Å². The van der Waals surface area contributed by atoms with Gasteiger partial charge in [-0.2, -0.15) is 0 Å². The highest BCUT2D eigenvalue weighted by Crippen LogP contribution is 2.32. The van der Waals surface area contributed by atoms with Crippen LogP contribution in [-0.2, 0) is 9.53 Å². The lowest BCUT2D eigenvalue weighted by Gasteiger charge is -2.24. The molecule has 2 heterocycles. The predicted octanol–water partition coefficient (Wildman–Crippen LogP) is 4.42. The number of benzene rings is 2. The first-order chi connectivity index (χ1) is 17.9. The predicted molar refractivity (Wildman–Crippen MR) is 145 cm³/mol. The van der Waals surface area contributed by atoms with Crippen molar-refractivity contribution in [1.82, 2.24) is 4.57 Å². The normalized spacial score (nSPS) is 15.1. The van der Waals surface area contributed by atoms with E-state index in [1.54, 1.807) is 54.8 Å². The van der Waals surface area contributed by atoms with Gasteiger partial charge >= 0.3 is 5.97 Å². The maximum atomic E-state index is 13.7. The molecule has 0 radical (unpaired) electrons. The Bertz CT molecular complexity index is 1540. The number of nitrogens with zero attached hydrogens (tertiary/aromatic N) is 2. The van der Waals surface area contributed by atoms with E-state index in [4.69, 9.17) is 25.8 Å². The second-order valence-electron chi connectivity index (χ2n) is 8.09. The number of thiazole rings is 1. The van der Waals surface area contributed by atoms with Crippen LogP contribution in [0.15, 0.2) is 76.2 Å². The standard InChI is InChI=1S/C28H27ClN2O5S/c1-5-14-36-20-11-9-19(10-12-20)25-24(27(33)35-7-3)17(4)30-28-31(25)26(32)23(37-28)16-18-8-13-22(34-6-2)21(29)15-18/h5,8-13,15-16,25H,1,6-7,14H2,2-4H3/b23-16-/t25-/m0/s1. The molecule has 0 unspecified atom stereocenters. The van der Waals surface area contributed by atoms with Crippen molar-refractivity contribution in [3.05, 3.63) is 102 Å². The van der Waals surface area contributed by atoms with Gasteiger partial charge in [-0.05, 0) is 62.2 Å². The summed E-state index contributed by atoms with van der Waals surface area (Å²) in [6, 6.07) is 11.9. The topological polar surface area (TPSA) is 79.1 Å². The van der Waals surface area contributed by atoms with Crippen molar-refractivity contribution in [3.63, 3.8) is 0 Å². The summed E-state index contributed by atoms with van der Waals surface area (Å²) in [4.78, 5) is 31.8. The van der Waals surface area contributed by atoms with Gasteiger partial charge in [0.1, 0.15) is 18.1 Å². The third kappa shape index (κ3) is 5.55. The van der Waals surface area contributed by atoms with Gasteiger partial charge in [0, 0.05) is 0 Å². The summed E-state index contributed by atoms with van der Waals surface area (Å²) >= 11 is 7.60. The molecule has 0 N–H and O–H groups in total. The minimum absolute atomic E-state index is 0.208. The lowest BCUT2D eigenvalue weighted by atomic mass is 9.96. The molecule has 0 aliphatic carbocycles. The van der Waals surface area contributed by atoms with E-state index < -0.39 is 12.0 Å². The molecule has 0 fully saturated rings. The van der Waals surface area contributed by atoms with E-state index in [-0.39, 0.29) is 12.2 Å². The average Bonchev–Trinajstić information content (AvgIpc) is 3.18. The fourth-order valence-electron chi connectivity index (χ4n) is 4.04. The number of ether oxygens (including phenoxy) is 3. The minimum Gasteiger partial charge on any atom is -0.492 e. The van der Waals surface area contributed by atoms with Crippen LogP contribution >= 0.6 is 22.9 Å². The van der Waals surface area contributed by atoms with Crippen molar-refractivity contribution >= 4 is 35.0 Å². The molecule has 0 saturated heterocycles. The number of halogens is 1. The molecule has 192 valence electrons. The van der Waals surface area contributed by atoms with E-state index >= 15 is 0 Å². The Morgan fingerprint density at radius 1 is 1.16 bits per heavy atom. The molecule has 1 aliphatic rings. The molecule has 0 spiro atoms. The zero-order valence-corrected chi connectivity index (χ0v) is 22.4. The summed E-state index contributed by atoms with van der Waals surface area (Å²) in [5.41, 5.74) is 2.05. The number of rotatable bonds is 9. The van der Waals surface area contributed by atoms with E-state index in [0.29, 0.717) is 50.3 Å². The smallest absolute Gasteiger partial charge is 0.338 e. The van der Waals surface area contributed by atoms with E-state index in [0.717, 1.165) is 11.1 Å². The average molecular weight is 539 g/mol. The zero-order chi connectivity index (χ0) is 26.5. The van der Waals surface area contributed by atoms with Gasteiger partial charge < -0.3 is 14.2 Å². The molecule has 1 aliphatic heterocycles. The largest absolute Gasteiger partial charge is 0.492 e. The first-order valence-corrected chi connectivity index (χ1v) is 13.0. The van der Waals surface area contributed by atoms with Crippen LogP contribution in [0.3, 0.4) is 0 Å². The molecular weight excluding hydrogens is 512 g/mol. The number of carbonyl (C=O) groups is 1. The number of carbonyl (C=O) groups excluding carboxylic acids is 1. The van der Waals surface area contributed by atoms with E-state index in [9.17, 15) is 9.59 Å². The third-order valence-corrected chi connectivity index (χ3v) is 6.91. The molecule has 1 atom stereocenters. The van der Waals surface area contributed by atoms with E-state index in [1.807, 2.05) is 25.1 Å². The van der Waals surface area contributed by atoms with E-state index in [1.165, 1.54) is 11.3 Å². The van der Waals surface area contributed by atoms with Crippen LogP contribution in [0, 0.1) is 0 Å². The fourth-order valence-corrected chi connectivity index (χ4v) is 5.33. The molecule has 9 heteroatoms. The van der Waals surface area contributed by atoms with Gasteiger partial charge in [-0.15, -0.1) is 0 Å². The molecule has 7 nitrogen and oxygen atoms in total. The highest BCUT2D eigenvalue weighted by molar-refractivity contribution is 7.07. The van der Waals surface area contributed by atoms with Crippen LogP contribution in [0.25, 0.3) is 6.08 Å². The van der Waals surface area contributed by atoms with Crippen molar-refractivity contribution in [2.75, 3.05) is 19.8 Å². The van der Waals surface area contributed by atoms with Gasteiger partial charge in [0.25, 0.3) is 5.56 Å². The highest BCUT2D eigenvalue weighted by Gasteiger charge is 2.33. The molecule has 1 aromatic heterocycles. The summed E-state index contributed by atoms with van der Waals surface area (Å²) < 4.78 is 18.5. The highest BCUT2D eigenvalue weighted by atomic mass is 35.5. The summed E-state index contributed by atoms with van der Waals surface area (Å²) in [6.45, 7) is 10.1. The number of esters is 1. The Hall–Kier alpha value is -3.62. The fraction of sp³-hybridized carbons (Fsp3) is 0.250. The van der Waals surface area contributed by atoms with Crippen LogP contribution in [0.5, 0.6) is 11.5 Å². The first kappa shape index (κ1) is 26.4. The SMILES string of the molecule is C=CCOc1ccc([C@H]2C(C(=O)OCC)=C(C)N=c3s/c(=C\c4ccc(OCC)c(Cl)c4)c(=O)n32)cc1. The van der Waals surface area contributed by atoms with Gasteiger partial charge in [0.05, 0.1) is 40.1 Å². The van der Waals surface area contributed by atoms with Gasteiger partial charge in [0.2, 0.25) is 0 Å². The Labute approximate surface area is 223 Å². The Morgan fingerprint density at radius 2 is 1.92 bits per heavy atom. The monoisotopic (exact) mass is 538 g/mol. The number of hydrogen-bond acceptors (Lipinski definition) is 7. The molecule has 4 rings (SSSR count). The van der Waals surface area contributed by atoms with Crippen LogP contribution in [0.4, 0.5) is 0 Å². The molecule has 0 amide bonds. The molecule has 0 bridgehead atoms. The van der Waals surface area contributed by atoms with Crippen molar-refractivity contribution < 1.29 is 19.0 Å². The number of allylic oxidation sites excluding steroid dienone is 1. The second kappa shape index (κ2) is 11.6. The van der Waals surface area contributed by atoms with Crippen molar-refractivity contribution in [2.45, 2.75) is 26.8 Å². The lowest BCUT2D eigenvalue weighted by Crippen LogP contribution is -2.39. The van der Waals surface area contributed by atoms with Gasteiger partial charge in [-0.1, -0.05) is 53.8 Å². The van der Waals surface area contributed by atoms with Crippen LogP contribution in [0.2, 0.25) is 5.02 Å². The van der Waals surface area contributed by atoms with Crippen molar-refractivity contribution in [3.8, 4) is 11.5 Å². The van der Waals surface area contributed by atoms with E-state index in [2.05, 4.69) is 11.6 Å². The maximum Gasteiger partial charge on any atom is 0.338 e. The number of hydrogen-bond donors (Lipinski definition) is 0. The zero-order valence-electron chi connectivity index (χ0n) is 20.8. The van der Waals surface area contributed by atoms with Gasteiger partial charge in [0.15, 0.2) is 4.80 Å². The third-order valence-electron chi connectivity index (χ3n) is 5.63. The lowest BCUT2D eigenvalue weighted by molar-refractivity contribution is -0.139. The summed E-state index contributed by atoms with van der Waals surface area (Å²) in [5.74, 6) is 0.730. The maximum absolute atomic E-state index is 13.7. The molecule has 37 heavy (non-hydrogen) atoms. The van der Waals surface area contributed by atoms with Crippen molar-refractivity contribution in [2.24, 2.45) is 4.99 Å².